The van der Waals surface area contributed by atoms with Gasteiger partial charge >= 0.3 is 11.9 Å². The molecule has 2 saturated heterocycles. The lowest BCUT2D eigenvalue weighted by Gasteiger charge is -2.17. The van der Waals surface area contributed by atoms with Crippen molar-refractivity contribution in [2.75, 3.05) is 13.2 Å². The fourth-order valence-electron chi connectivity index (χ4n) is 6.77. The van der Waals surface area contributed by atoms with Gasteiger partial charge in [0.05, 0.1) is 13.2 Å². The van der Waals surface area contributed by atoms with Gasteiger partial charge < -0.3 is 18.9 Å². The summed E-state index contributed by atoms with van der Waals surface area (Å²) in [6.07, 6.45) is 40.8. The SMILES string of the molecule is CCCCCCCC/C=C\CCCCCCCC(=O)O[C@H]1CO[C@H]2[C@@H]1OC[C@@H]2OC(=O)CCCCCCC/C=C\CCCCCCCC. The normalized spacial score (nSPS) is 20.6. The molecule has 0 spiro atoms. The molecule has 0 bridgehead atoms. The van der Waals surface area contributed by atoms with Crippen LogP contribution in [-0.2, 0) is 28.5 Å². The van der Waals surface area contributed by atoms with E-state index in [1.807, 2.05) is 0 Å². The molecule has 48 heavy (non-hydrogen) atoms. The fourth-order valence-corrected chi connectivity index (χ4v) is 6.77. The monoisotopic (exact) mass is 675 g/mol. The molecule has 0 aromatic heterocycles. The highest BCUT2D eigenvalue weighted by atomic mass is 16.7. The van der Waals surface area contributed by atoms with Crippen LogP contribution in [0.4, 0.5) is 0 Å². The third-order valence-corrected chi connectivity index (χ3v) is 9.81. The van der Waals surface area contributed by atoms with Crippen molar-refractivity contribution < 1.29 is 28.5 Å². The Kier molecular flexibility index (Phi) is 26.7. The maximum Gasteiger partial charge on any atom is 0.306 e. The summed E-state index contributed by atoms with van der Waals surface area (Å²) in [6, 6.07) is 0. The third-order valence-electron chi connectivity index (χ3n) is 9.81. The average Bonchev–Trinajstić information content (AvgIpc) is 3.67. The minimum absolute atomic E-state index is 0.185. The van der Waals surface area contributed by atoms with E-state index in [0.29, 0.717) is 26.1 Å². The van der Waals surface area contributed by atoms with Crippen molar-refractivity contribution in [2.45, 2.75) is 218 Å². The van der Waals surface area contributed by atoms with Crippen LogP contribution in [0, 0.1) is 0 Å². The van der Waals surface area contributed by atoms with E-state index in [9.17, 15) is 9.59 Å². The Morgan fingerprint density at radius 1 is 0.458 bits per heavy atom. The number of fused-ring (bicyclic) bond motifs is 1. The quantitative estimate of drug-likeness (QED) is 0.0402. The molecule has 0 aromatic rings. The van der Waals surface area contributed by atoms with Crippen molar-refractivity contribution in [1.82, 2.24) is 0 Å². The van der Waals surface area contributed by atoms with Gasteiger partial charge in [-0.15, -0.1) is 0 Å². The lowest BCUT2D eigenvalue weighted by Crippen LogP contribution is -2.35. The van der Waals surface area contributed by atoms with E-state index in [2.05, 4.69) is 38.2 Å². The van der Waals surface area contributed by atoms with Gasteiger partial charge in [0.15, 0.2) is 12.2 Å². The highest BCUT2D eigenvalue weighted by Gasteiger charge is 2.51. The van der Waals surface area contributed by atoms with Gasteiger partial charge in [0, 0.05) is 12.8 Å². The van der Waals surface area contributed by atoms with E-state index >= 15 is 0 Å². The van der Waals surface area contributed by atoms with Crippen molar-refractivity contribution in [3.05, 3.63) is 24.3 Å². The van der Waals surface area contributed by atoms with Gasteiger partial charge in [0.1, 0.15) is 12.2 Å². The second kappa shape index (κ2) is 30.2. The van der Waals surface area contributed by atoms with Crippen LogP contribution in [0.1, 0.15) is 194 Å². The lowest BCUT2D eigenvalue weighted by molar-refractivity contribution is -0.155. The first-order valence-electron chi connectivity index (χ1n) is 20.6. The minimum atomic E-state index is -0.417. The van der Waals surface area contributed by atoms with Crippen molar-refractivity contribution in [3.8, 4) is 0 Å². The second-order valence-corrected chi connectivity index (χ2v) is 14.3. The Morgan fingerprint density at radius 3 is 1.08 bits per heavy atom. The first kappa shape index (κ1) is 42.5. The molecule has 6 nitrogen and oxygen atoms in total. The first-order chi connectivity index (χ1) is 23.7. The molecule has 0 saturated carbocycles. The van der Waals surface area contributed by atoms with Gasteiger partial charge in [-0.05, 0) is 64.2 Å². The zero-order valence-corrected chi connectivity index (χ0v) is 31.3. The molecule has 2 heterocycles. The number of hydrogen-bond donors (Lipinski definition) is 0. The van der Waals surface area contributed by atoms with E-state index in [4.69, 9.17) is 18.9 Å². The van der Waals surface area contributed by atoms with E-state index < -0.39 is 12.2 Å². The van der Waals surface area contributed by atoms with Crippen LogP contribution < -0.4 is 0 Å². The molecule has 2 aliphatic heterocycles. The molecule has 2 fully saturated rings. The summed E-state index contributed by atoms with van der Waals surface area (Å²) >= 11 is 0. The topological polar surface area (TPSA) is 71.1 Å². The first-order valence-corrected chi connectivity index (χ1v) is 20.6. The van der Waals surface area contributed by atoms with Crippen LogP contribution in [0.15, 0.2) is 24.3 Å². The molecule has 0 unspecified atom stereocenters. The van der Waals surface area contributed by atoms with Gasteiger partial charge in [-0.1, -0.05) is 141 Å². The van der Waals surface area contributed by atoms with Crippen molar-refractivity contribution in [2.24, 2.45) is 0 Å². The highest BCUT2D eigenvalue weighted by Crippen LogP contribution is 2.31. The summed E-state index contributed by atoms with van der Waals surface area (Å²) in [5, 5.41) is 0. The molecule has 4 atom stereocenters. The Balaban J connectivity index is 1.40. The van der Waals surface area contributed by atoms with E-state index in [1.54, 1.807) is 0 Å². The van der Waals surface area contributed by atoms with Crippen molar-refractivity contribution in [3.63, 3.8) is 0 Å². The van der Waals surface area contributed by atoms with Crippen LogP contribution in [0.25, 0.3) is 0 Å². The molecule has 0 amide bonds. The zero-order chi connectivity index (χ0) is 34.3. The van der Waals surface area contributed by atoms with Crippen molar-refractivity contribution >= 4 is 11.9 Å². The molecule has 2 rings (SSSR count). The lowest BCUT2D eigenvalue weighted by atomic mass is 10.1. The number of allylic oxidation sites excluding steroid dienone is 4. The molecular formula is C42H74O6. The molecule has 0 N–H and O–H groups in total. The summed E-state index contributed by atoms with van der Waals surface area (Å²) in [7, 11) is 0. The van der Waals surface area contributed by atoms with Crippen LogP contribution in [0.3, 0.4) is 0 Å². The molecule has 6 heteroatoms. The smallest absolute Gasteiger partial charge is 0.306 e. The summed E-state index contributed by atoms with van der Waals surface area (Å²) in [5.41, 5.74) is 0. The van der Waals surface area contributed by atoms with Crippen LogP contribution in [0.5, 0.6) is 0 Å². The standard InChI is InChI=1S/C42H74O6/c1-3-5-7-9-11-13-15-17-19-21-23-25-27-29-31-33-39(43)47-37-35-45-42-38(36-46-41(37)42)48-40(44)34-32-30-28-26-24-22-20-18-16-14-12-10-8-6-4-2/h17-20,37-38,41-42H,3-16,21-36H2,1-2H3/b19-17-,20-18-/t37-,38-,41+,42+/m0/s1. The Bertz CT molecular complexity index is 770. The van der Waals surface area contributed by atoms with Gasteiger partial charge in [-0.2, -0.15) is 0 Å². The Morgan fingerprint density at radius 2 is 0.750 bits per heavy atom. The number of ether oxygens (including phenoxy) is 4. The van der Waals surface area contributed by atoms with Crippen molar-refractivity contribution in [1.29, 1.82) is 0 Å². The van der Waals surface area contributed by atoms with E-state index in [1.165, 1.54) is 116 Å². The average molecular weight is 675 g/mol. The molecular weight excluding hydrogens is 600 g/mol. The minimum Gasteiger partial charge on any atom is -0.457 e. The van der Waals surface area contributed by atoms with Gasteiger partial charge in [-0.3, -0.25) is 9.59 Å². The molecule has 0 aliphatic carbocycles. The number of unbranched alkanes of at least 4 members (excludes halogenated alkanes) is 22. The summed E-state index contributed by atoms with van der Waals surface area (Å²) < 4.78 is 23.2. The molecule has 278 valence electrons. The zero-order valence-electron chi connectivity index (χ0n) is 31.3. The fraction of sp³-hybridized carbons (Fsp3) is 0.857. The van der Waals surface area contributed by atoms with E-state index in [-0.39, 0.29) is 24.1 Å². The largest absolute Gasteiger partial charge is 0.457 e. The maximum atomic E-state index is 12.5. The summed E-state index contributed by atoms with van der Waals surface area (Å²) in [4.78, 5) is 24.9. The van der Waals surface area contributed by atoms with Gasteiger partial charge in [0.25, 0.3) is 0 Å². The van der Waals surface area contributed by atoms with Crippen LogP contribution in [0.2, 0.25) is 0 Å². The number of carbonyl (C=O) groups excluding carboxylic acids is 2. The van der Waals surface area contributed by atoms with Gasteiger partial charge in [0.2, 0.25) is 0 Å². The molecule has 0 aromatic carbocycles. The summed E-state index contributed by atoms with van der Waals surface area (Å²) in [6.45, 7) is 5.13. The second-order valence-electron chi connectivity index (χ2n) is 14.3. The maximum absolute atomic E-state index is 12.5. The number of hydrogen-bond acceptors (Lipinski definition) is 6. The van der Waals surface area contributed by atoms with E-state index in [0.717, 1.165) is 51.4 Å². The van der Waals surface area contributed by atoms with Crippen LogP contribution in [-0.4, -0.2) is 49.6 Å². The third kappa shape index (κ3) is 21.4. The number of carbonyl (C=O) groups is 2. The molecule has 0 radical (unpaired) electrons. The predicted octanol–water partition coefficient (Wildman–Crippen LogP) is 11.7. The van der Waals surface area contributed by atoms with Gasteiger partial charge in [-0.25, -0.2) is 0 Å². The summed E-state index contributed by atoms with van der Waals surface area (Å²) in [5.74, 6) is -0.370. The van der Waals surface area contributed by atoms with Crippen LogP contribution >= 0.6 is 0 Å². The molecule has 2 aliphatic rings. The highest BCUT2D eigenvalue weighted by molar-refractivity contribution is 5.70. The predicted molar refractivity (Wildman–Crippen MR) is 198 cm³/mol. The Labute approximate surface area is 295 Å². The number of rotatable bonds is 32. The Hall–Kier alpha value is -1.66. The number of esters is 2.